The predicted molar refractivity (Wildman–Crippen MR) is 48.5 cm³/mol. The fraction of sp³-hybridized carbons (Fsp3) is 0.500. The molecule has 1 unspecified atom stereocenters. The Morgan fingerprint density at radius 1 is 1.60 bits per heavy atom. The molecule has 0 radical (unpaired) electrons. The van der Waals surface area contributed by atoms with Gasteiger partial charge in [-0.15, -0.1) is 7.53 Å². The molecular formula is C8H14NP. The van der Waals surface area contributed by atoms with Crippen molar-refractivity contribution in [3.8, 4) is 0 Å². The maximum atomic E-state index is 5.75. The zero-order chi connectivity index (χ0) is 7.40. The van der Waals surface area contributed by atoms with Crippen LogP contribution in [-0.2, 0) is 6.16 Å². The third-order valence-electron chi connectivity index (χ3n) is 1.62. The number of hydrogen-bond acceptors (Lipinski definition) is 1. The highest BCUT2D eigenvalue weighted by Crippen LogP contribution is 2.38. The first kappa shape index (κ1) is 7.68. The van der Waals surface area contributed by atoms with Crippen LogP contribution in [0.3, 0.4) is 0 Å². The van der Waals surface area contributed by atoms with E-state index in [1.807, 2.05) is 6.07 Å². The van der Waals surface area contributed by atoms with E-state index in [1.165, 1.54) is 19.0 Å². The van der Waals surface area contributed by atoms with E-state index < -0.39 is 0 Å². The molecule has 0 amide bonds. The number of unbranched alkanes of at least 4 members (excludes halogenated alkanes) is 1. The lowest BCUT2D eigenvalue weighted by molar-refractivity contribution is 0.855. The molecule has 1 heterocycles. The van der Waals surface area contributed by atoms with E-state index >= 15 is 0 Å². The van der Waals surface area contributed by atoms with Gasteiger partial charge in [-0.2, -0.15) is 0 Å². The standard InChI is InChI=1S/C8H14NP/c1-2-3-6-10-7-4-5-8(10)9/h4-5,7H,2-3,6,9H2,1H3. The van der Waals surface area contributed by atoms with Crippen molar-refractivity contribution in [1.29, 1.82) is 0 Å². The Bertz CT molecular complexity index is 193. The van der Waals surface area contributed by atoms with Crippen molar-refractivity contribution in [2.45, 2.75) is 25.9 Å². The van der Waals surface area contributed by atoms with Crippen LogP contribution >= 0.6 is 7.53 Å². The number of nitrogen functional groups attached to an aromatic ring is 1. The van der Waals surface area contributed by atoms with Crippen molar-refractivity contribution in [3.63, 3.8) is 0 Å². The normalized spacial score (nSPS) is 11.9. The van der Waals surface area contributed by atoms with Crippen molar-refractivity contribution < 1.29 is 0 Å². The summed E-state index contributed by atoms with van der Waals surface area (Å²) in [7, 11) is -0.0539. The summed E-state index contributed by atoms with van der Waals surface area (Å²) in [5, 5.41) is 0. The number of anilines is 1. The van der Waals surface area contributed by atoms with Gasteiger partial charge in [0, 0.05) is 0 Å². The molecule has 56 valence electrons. The zero-order valence-electron chi connectivity index (χ0n) is 6.38. The average molecular weight is 155 g/mol. The Hall–Kier alpha value is -0.420. The van der Waals surface area contributed by atoms with Gasteiger partial charge in [0.05, 0.1) is 5.42 Å². The molecule has 1 nitrogen and oxygen atoms in total. The summed E-state index contributed by atoms with van der Waals surface area (Å²) < 4.78 is 0. The van der Waals surface area contributed by atoms with E-state index in [-0.39, 0.29) is 7.53 Å². The van der Waals surface area contributed by atoms with Crippen LogP contribution in [0.15, 0.2) is 17.9 Å². The molecule has 2 heteroatoms. The van der Waals surface area contributed by atoms with E-state index in [0.717, 1.165) is 5.42 Å². The number of nitrogens with two attached hydrogens (primary N) is 1. The van der Waals surface area contributed by atoms with Gasteiger partial charge in [0.15, 0.2) is 0 Å². The van der Waals surface area contributed by atoms with Gasteiger partial charge >= 0.3 is 0 Å². The van der Waals surface area contributed by atoms with Gasteiger partial charge in [-0.05, 0) is 24.4 Å². The van der Waals surface area contributed by atoms with Crippen LogP contribution in [0.1, 0.15) is 19.8 Å². The first-order valence-corrected chi connectivity index (χ1v) is 5.35. The van der Waals surface area contributed by atoms with Crippen LogP contribution in [0, 0.1) is 0 Å². The Labute approximate surface area is 63.3 Å². The summed E-state index contributed by atoms with van der Waals surface area (Å²) in [6, 6.07) is 4.11. The molecule has 0 bridgehead atoms. The van der Waals surface area contributed by atoms with Gasteiger partial charge in [-0.1, -0.05) is 19.4 Å². The van der Waals surface area contributed by atoms with E-state index in [9.17, 15) is 0 Å². The second kappa shape index (κ2) is 3.68. The molecule has 1 rings (SSSR count). The molecule has 10 heavy (non-hydrogen) atoms. The number of rotatable bonds is 3. The number of aryl methyl sites for hydroxylation is 1. The van der Waals surface area contributed by atoms with Crippen LogP contribution in [-0.4, -0.2) is 0 Å². The lowest BCUT2D eigenvalue weighted by Gasteiger charge is -1.97. The Morgan fingerprint density at radius 3 is 2.90 bits per heavy atom. The Morgan fingerprint density at radius 2 is 2.40 bits per heavy atom. The summed E-state index contributed by atoms with van der Waals surface area (Å²) in [5.41, 5.74) is 6.85. The highest BCUT2D eigenvalue weighted by atomic mass is 31.1. The fourth-order valence-corrected chi connectivity index (χ4v) is 2.77. The maximum Gasteiger partial charge on any atom is 0.0508 e. The average Bonchev–Trinajstić information content (AvgIpc) is 2.31. The van der Waals surface area contributed by atoms with E-state index in [0.29, 0.717) is 0 Å². The highest BCUT2D eigenvalue weighted by molar-refractivity contribution is 7.52. The molecule has 0 aliphatic rings. The SMILES string of the molecule is CCCCp1cccc1N. The minimum Gasteiger partial charge on any atom is -0.396 e. The van der Waals surface area contributed by atoms with Gasteiger partial charge in [-0.3, -0.25) is 0 Å². The van der Waals surface area contributed by atoms with Gasteiger partial charge < -0.3 is 5.73 Å². The third kappa shape index (κ3) is 1.78. The quantitative estimate of drug-likeness (QED) is 0.713. The van der Waals surface area contributed by atoms with Crippen molar-refractivity contribution in [1.82, 2.24) is 0 Å². The van der Waals surface area contributed by atoms with Crippen LogP contribution in [0.4, 0.5) is 5.42 Å². The van der Waals surface area contributed by atoms with Crippen LogP contribution in [0.5, 0.6) is 0 Å². The second-order valence-electron chi connectivity index (χ2n) is 2.48. The molecule has 1 atom stereocenters. The third-order valence-corrected chi connectivity index (χ3v) is 3.76. The maximum absolute atomic E-state index is 5.75. The molecule has 0 saturated heterocycles. The molecule has 2 N–H and O–H groups in total. The molecular weight excluding hydrogens is 141 g/mol. The zero-order valence-corrected chi connectivity index (χ0v) is 7.27. The molecule has 0 spiro atoms. The lowest BCUT2D eigenvalue weighted by Crippen LogP contribution is -1.78. The molecule has 0 aliphatic heterocycles. The van der Waals surface area contributed by atoms with Gasteiger partial charge in [0.2, 0.25) is 0 Å². The van der Waals surface area contributed by atoms with Crippen LogP contribution in [0.2, 0.25) is 0 Å². The first-order valence-electron chi connectivity index (χ1n) is 3.75. The fourth-order valence-electron chi connectivity index (χ4n) is 0.959. The van der Waals surface area contributed by atoms with Gasteiger partial charge in [0.25, 0.3) is 0 Å². The molecule has 0 fully saturated rings. The van der Waals surface area contributed by atoms with E-state index in [4.69, 9.17) is 5.73 Å². The van der Waals surface area contributed by atoms with Crippen molar-refractivity contribution in [3.05, 3.63) is 17.9 Å². The summed E-state index contributed by atoms with van der Waals surface area (Å²) >= 11 is 0. The predicted octanol–water partition coefficient (Wildman–Crippen LogP) is 3.06. The molecule has 1 aromatic rings. The first-order chi connectivity index (χ1) is 4.84. The lowest BCUT2D eigenvalue weighted by atomic mass is 10.4. The minimum absolute atomic E-state index is 0.0539. The minimum atomic E-state index is -0.0539. The van der Waals surface area contributed by atoms with Gasteiger partial charge in [0.1, 0.15) is 0 Å². The second-order valence-corrected chi connectivity index (χ2v) is 4.68. The summed E-state index contributed by atoms with van der Waals surface area (Å²) in [5.74, 6) is 2.25. The highest BCUT2D eigenvalue weighted by Gasteiger charge is 1.95. The van der Waals surface area contributed by atoms with Gasteiger partial charge in [-0.25, -0.2) is 0 Å². The van der Waals surface area contributed by atoms with Crippen LogP contribution in [0.25, 0.3) is 0 Å². The monoisotopic (exact) mass is 155 g/mol. The summed E-state index contributed by atoms with van der Waals surface area (Å²) in [4.78, 5) is 0. The topological polar surface area (TPSA) is 26.0 Å². The Kier molecular flexibility index (Phi) is 2.82. The Balaban J connectivity index is 2.49. The van der Waals surface area contributed by atoms with Crippen LogP contribution < -0.4 is 5.73 Å². The largest absolute Gasteiger partial charge is 0.396 e. The van der Waals surface area contributed by atoms with E-state index in [2.05, 4.69) is 18.8 Å². The van der Waals surface area contributed by atoms with Crippen molar-refractivity contribution in [2.24, 2.45) is 0 Å². The van der Waals surface area contributed by atoms with Crippen molar-refractivity contribution in [2.75, 3.05) is 5.73 Å². The molecule has 0 aliphatic carbocycles. The number of hydrogen-bond donors (Lipinski definition) is 1. The van der Waals surface area contributed by atoms with E-state index in [1.54, 1.807) is 0 Å². The molecule has 1 aromatic heterocycles. The summed E-state index contributed by atoms with van der Waals surface area (Å²) in [6.45, 7) is 2.22. The molecule has 0 aromatic carbocycles. The smallest absolute Gasteiger partial charge is 0.0508 e. The summed E-state index contributed by atoms with van der Waals surface area (Å²) in [6.07, 6.45) is 3.87. The molecule has 0 saturated carbocycles. The van der Waals surface area contributed by atoms with Crippen molar-refractivity contribution >= 4 is 13.0 Å².